The average Bonchev–Trinajstić information content (AvgIpc) is 2.78. The summed E-state index contributed by atoms with van der Waals surface area (Å²) in [5.74, 6) is -0.562. The van der Waals surface area contributed by atoms with Gasteiger partial charge < -0.3 is 10.0 Å². The second-order valence-corrected chi connectivity index (χ2v) is 4.38. The summed E-state index contributed by atoms with van der Waals surface area (Å²) in [5, 5.41) is 8.93. The van der Waals surface area contributed by atoms with Gasteiger partial charge >= 0.3 is 5.97 Å². The van der Waals surface area contributed by atoms with Gasteiger partial charge in [0.2, 0.25) is 5.91 Å². The summed E-state index contributed by atoms with van der Waals surface area (Å²) in [6, 6.07) is 6.98. The van der Waals surface area contributed by atoms with Crippen molar-refractivity contribution < 1.29 is 14.7 Å². The molecule has 4 nitrogen and oxygen atoms in total. The molecule has 1 N–H and O–H groups in total. The van der Waals surface area contributed by atoms with Crippen LogP contribution >= 0.6 is 0 Å². The minimum atomic E-state index is -0.909. The third-order valence-corrected chi connectivity index (χ3v) is 3.24. The van der Waals surface area contributed by atoms with Crippen molar-refractivity contribution in [2.45, 2.75) is 19.3 Å². The van der Waals surface area contributed by atoms with Crippen molar-refractivity contribution in [1.29, 1.82) is 0 Å². The maximum atomic E-state index is 11.2. The van der Waals surface area contributed by atoms with E-state index in [0.29, 0.717) is 12.1 Å². The van der Waals surface area contributed by atoms with E-state index < -0.39 is 5.97 Å². The van der Waals surface area contributed by atoms with Gasteiger partial charge in [0.05, 0.1) is 5.56 Å². The van der Waals surface area contributed by atoms with Crippen molar-refractivity contribution in [3.63, 3.8) is 0 Å². The Morgan fingerprint density at radius 1 is 1.41 bits per heavy atom. The van der Waals surface area contributed by atoms with Crippen molar-refractivity contribution in [2.75, 3.05) is 13.1 Å². The molecule has 0 radical (unpaired) electrons. The normalized spacial score (nSPS) is 19.4. The Labute approximate surface area is 99.9 Å². The van der Waals surface area contributed by atoms with Crippen LogP contribution in [0.3, 0.4) is 0 Å². The van der Waals surface area contributed by atoms with Gasteiger partial charge in [0, 0.05) is 25.9 Å². The first kappa shape index (κ1) is 11.6. The Bertz CT molecular complexity index is 456. The highest BCUT2D eigenvalue weighted by atomic mass is 16.4. The maximum Gasteiger partial charge on any atom is 0.335 e. The number of carboxylic acid groups (broad SMARTS) is 1. The molecule has 1 aromatic rings. The highest BCUT2D eigenvalue weighted by Gasteiger charge is 2.25. The van der Waals surface area contributed by atoms with E-state index in [1.165, 1.54) is 0 Å². The number of likely N-dealkylation sites (tertiary alicyclic amines) is 1. The highest BCUT2D eigenvalue weighted by Crippen LogP contribution is 2.27. The lowest BCUT2D eigenvalue weighted by atomic mass is 9.97. The molecule has 1 saturated heterocycles. The molecule has 1 heterocycles. The van der Waals surface area contributed by atoms with Crippen molar-refractivity contribution in [1.82, 2.24) is 4.90 Å². The number of hydrogen-bond acceptors (Lipinski definition) is 2. The third-order valence-electron chi connectivity index (χ3n) is 3.24. The van der Waals surface area contributed by atoms with Gasteiger partial charge in [0.15, 0.2) is 0 Å². The Kier molecular flexibility index (Phi) is 3.13. The zero-order valence-electron chi connectivity index (χ0n) is 9.72. The first-order valence-electron chi connectivity index (χ1n) is 5.66. The summed E-state index contributed by atoms with van der Waals surface area (Å²) in [4.78, 5) is 23.9. The van der Waals surface area contributed by atoms with Crippen molar-refractivity contribution >= 4 is 11.9 Å². The minimum Gasteiger partial charge on any atom is -0.478 e. The SMILES string of the molecule is CC(=O)N1CCC(c2cccc(C(=O)O)c2)C1. The molecule has 2 rings (SSSR count). The van der Waals surface area contributed by atoms with Gasteiger partial charge in [-0.2, -0.15) is 0 Å². The zero-order valence-corrected chi connectivity index (χ0v) is 9.72. The standard InChI is InChI=1S/C13H15NO3/c1-9(15)14-6-5-12(8-14)10-3-2-4-11(7-10)13(16)17/h2-4,7,12H,5-6,8H2,1H3,(H,16,17). The van der Waals surface area contributed by atoms with Gasteiger partial charge in [-0.3, -0.25) is 4.79 Å². The van der Waals surface area contributed by atoms with E-state index >= 15 is 0 Å². The van der Waals surface area contributed by atoms with E-state index in [0.717, 1.165) is 18.5 Å². The molecule has 0 bridgehead atoms. The average molecular weight is 233 g/mol. The lowest BCUT2D eigenvalue weighted by molar-refractivity contribution is -0.127. The van der Waals surface area contributed by atoms with Crippen LogP contribution in [0.2, 0.25) is 0 Å². The Balaban J connectivity index is 2.16. The van der Waals surface area contributed by atoms with Gasteiger partial charge in [-0.15, -0.1) is 0 Å². The van der Waals surface area contributed by atoms with E-state index in [1.54, 1.807) is 30.0 Å². The summed E-state index contributed by atoms with van der Waals surface area (Å²) >= 11 is 0. The first-order valence-corrected chi connectivity index (χ1v) is 5.66. The summed E-state index contributed by atoms with van der Waals surface area (Å²) in [7, 11) is 0. The number of benzene rings is 1. The number of carbonyl (C=O) groups excluding carboxylic acids is 1. The Morgan fingerprint density at radius 2 is 2.18 bits per heavy atom. The quantitative estimate of drug-likeness (QED) is 0.846. The molecule has 1 amide bonds. The first-order chi connectivity index (χ1) is 8.08. The van der Waals surface area contributed by atoms with Crippen LogP contribution in [0.4, 0.5) is 0 Å². The Morgan fingerprint density at radius 3 is 2.76 bits per heavy atom. The molecule has 0 saturated carbocycles. The van der Waals surface area contributed by atoms with E-state index in [9.17, 15) is 9.59 Å². The number of aromatic carboxylic acids is 1. The largest absolute Gasteiger partial charge is 0.478 e. The molecule has 4 heteroatoms. The molecule has 0 aliphatic carbocycles. The zero-order chi connectivity index (χ0) is 12.4. The van der Waals surface area contributed by atoms with Gasteiger partial charge in [-0.25, -0.2) is 4.79 Å². The number of carboxylic acids is 1. The monoisotopic (exact) mass is 233 g/mol. The molecule has 0 aromatic heterocycles. The van der Waals surface area contributed by atoms with Crippen LogP contribution in [0.1, 0.15) is 35.2 Å². The fourth-order valence-corrected chi connectivity index (χ4v) is 2.24. The highest BCUT2D eigenvalue weighted by molar-refractivity contribution is 5.87. The fraction of sp³-hybridized carbons (Fsp3) is 0.385. The maximum absolute atomic E-state index is 11.2. The lowest BCUT2D eigenvalue weighted by Crippen LogP contribution is -2.25. The van der Waals surface area contributed by atoms with Gasteiger partial charge in [-0.1, -0.05) is 12.1 Å². The number of carbonyl (C=O) groups is 2. The van der Waals surface area contributed by atoms with Gasteiger partial charge in [-0.05, 0) is 24.1 Å². The van der Waals surface area contributed by atoms with Crippen LogP contribution < -0.4 is 0 Å². The smallest absolute Gasteiger partial charge is 0.335 e. The third kappa shape index (κ3) is 2.46. The summed E-state index contributed by atoms with van der Waals surface area (Å²) < 4.78 is 0. The van der Waals surface area contributed by atoms with E-state index in [1.807, 2.05) is 6.07 Å². The molecular formula is C13H15NO3. The summed E-state index contributed by atoms with van der Waals surface area (Å²) in [6.45, 7) is 3.02. The molecule has 1 aromatic carbocycles. The molecule has 1 unspecified atom stereocenters. The second kappa shape index (κ2) is 4.57. The van der Waals surface area contributed by atoms with Crippen LogP contribution in [0.25, 0.3) is 0 Å². The molecule has 1 atom stereocenters. The van der Waals surface area contributed by atoms with Crippen molar-refractivity contribution in [2.24, 2.45) is 0 Å². The van der Waals surface area contributed by atoms with Gasteiger partial charge in [0.1, 0.15) is 0 Å². The van der Waals surface area contributed by atoms with Crippen LogP contribution in [0.15, 0.2) is 24.3 Å². The van der Waals surface area contributed by atoms with Crippen LogP contribution in [0.5, 0.6) is 0 Å². The van der Waals surface area contributed by atoms with E-state index in [2.05, 4.69) is 0 Å². The topological polar surface area (TPSA) is 57.6 Å². The molecule has 0 spiro atoms. The number of hydrogen-bond donors (Lipinski definition) is 1. The van der Waals surface area contributed by atoms with Crippen LogP contribution in [-0.2, 0) is 4.79 Å². The Hall–Kier alpha value is -1.84. The molecule has 90 valence electrons. The van der Waals surface area contributed by atoms with E-state index in [-0.39, 0.29) is 11.8 Å². The molecule has 1 fully saturated rings. The van der Waals surface area contributed by atoms with Crippen molar-refractivity contribution in [3.05, 3.63) is 35.4 Å². The van der Waals surface area contributed by atoms with Crippen LogP contribution in [0, 0.1) is 0 Å². The van der Waals surface area contributed by atoms with Crippen molar-refractivity contribution in [3.8, 4) is 0 Å². The molecule has 1 aliphatic heterocycles. The predicted octanol–water partition coefficient (Wildman–Crippen LogP) is 1.72. The molecular weight excluding hydrogens is 218 g/mol. The second-order valence-electron chi connectivity index (χ2n) is 4.38. The molecule has 1 aliphatic rings. The van der Waals surface area contributed by atoms with Crippen LogP contribution in [-0.4, -0.2) is 35.0 Å². The number of amides is 1. The number of rotatable bonds is 2. The number of nitrogens with zero attached hydrogens (tertiary/aromatic N) is 1. The minimum absolute atomic E-state index is 0.0851. The predicted molar refractivity (Wildman–Crippen MR) is 63.0 cm³/mol. The summed E-state index contributed by atoms with van der Waals surface area (Å²) in [5.41, 5.74) is 1.32. The molecule has 17 heavy (non-hydrogen) atoms. The van der Waals surface area contributed by atoms with E-state index in [4.69, 9.17) is 5.11 Å². The van der Waals surface area contributed by atoms with Gasteiger partial charge in [0.25, 0.3) is 0 Å². The fourth-order valence-electron chi connectivity index (χ4n) is 2.24. The summed E-state index contributed by atoms with van der Waals surface area (Å²) in [6.07, 6.45) is 0.905. The lowest BCUT2D eigenvalue weighted by Gasteiger charge is -2.14.